The van der Waals surface area contributed by atoms with Crippen LogP contribution < -0.4 is 5.32 Å². The van der Waals surface area contributed by atoms with Crippen molar-refractivity contribution in [2.45, 2.75) is 18.9 Å². The van der Waals surface area contributed by atoms with E-state index in [9.17, 15) is 0 Å². The second-order valence-electron chi connectivity index (χ2n) is 3.83. The van der Waals surface area contributed by atoms with Crippen molar-refractivity contribution in [1.29, 1.82) is 0 Å². The van der Waals surface area contributed by atoms with Crippen LogP contribution in [0.15, 0.2) is 27.2 Å². The molecule has 15 heavy (non-hydrogen) atoms. The molecule has 0 aromatic carbocycles. The summed E-state index contributed by atoms with van der Waals surface area (Å²) < 4.78 is 6.73. The third-order valence-electron chi connectivity index (χ3n) is 2.76. The van der Waals surface area contributed by atoms with E-state index in [1.807, 2.05) is 12.1 Å². The van der Waals surface area contributed by atoms with Crippen molar-refractivity contribution in [1.82, 2.24) is 10.3 Å². The van der Waals surface area contributed by atoms with Gasteiger partial charge in [-0.15, -0.1) is 0 Å². The minimum absolute atomic E-state index is 0.373. The van der Waals surface area contributed by atoms with Crippen LogP contribution in [0.25, 0.3) is 11.1 Å². The number of hydrogen-bond acceptors (Lipinski definition) is 3. The molecule has 3 rings (SSSR count). The minimum atomic E-state index is 0.373. The quantitative estimate of drug-likeness (QED) is 0.863. The highest BCUT2D eigenvalue weighted by Gasteiger charge is 2.20. The Morgan fingerprint density at radius 1 is 1.47 bits per heavy atom. The maximum atomic E-state index is 5.78. The van der Waals surface area contributed by atoms with E-state index in [-0.39, 0.29) is 0 Å². The van der Waals surface area contributed by atoms with Gasteiger partial charge < -0.3 is 9.73 Å². The molecule has 2 aromatic heterocycles. The van der Waals surface area contributed by atoms with Crippen molar-refractivity contribution in [2.75, 3.05) is 6.54 Å². The lowest BCUT2D eigenvalue weighted by Crippen LogP contribution is -2.11. The molecular formula is C11H11BrN2O. The van der Waals surface area contributed by atoms with Gasteiger partial charge in [-0.2, -0.15) is 0 Å². The molecule has 78 valence electrons. The summed E-state index contributed by atoms with van der Waals surface area (Å²) in [5.74, 6) is 1.01. The van der Waals surface area contributed by atoms with Crippen LogP contribution in [0.2, 0.25) is 0 Å². The fourth-order valence-electron chi connectivity index (χ4n) is 2.01. The van der Waals surface area contributed by atoms with E-state index in [1.165, 1.54) is 6.42 Å². The lowest BCUT2D eigenvalue weighted by molar-refractivity contribution is 0.470. The number of nitrogens with one attached hydrogen (secondary N) is 1. The van der Waals surface area contributed by atoms with E-state index >= 15 is 0 Å². The normalized spacial score (nSPS) is 21.3. The van der Waals surface area contributed by atoms with Gasteiger partial charge in [0, 0.05) is 16.7 Å². The first-order chi connectivity index (χ1) is 7.33. The Balaban J connectivity index is 2.05. The average Bonchev–Trinajstić information content (AvgIpc) is 2.84. The molecule has 1 unspecified atom stereocenters. The highest BCUT2D eigenvalue weighted by molar-refractivity contribution is 9.10. The summed E-state index contributed by atoms with van der Waals surface area (Å²) in [4.78, 5) is 4.30. The summed E-state index contributed by atoms with van der Waals surface area (Å²) in [6.07, 6.45) is 4.17. The number of fused-ring (bicyclic) bond motifs is 1. The summed E-state index contributed by atoms with van der Waals surface area (Å²) in [5.41, 5.74) is 1.79. The number of halogens is 1. The molecule has 1 atom stereocenters. The maximum absolute atomic E-state index is 5.78. The van der Waals surface area contributed by atoms with Gasteiger partial charge in [-0.1, -0.05) is 0 Å². The number of aromatic nitrogens is 1. The summed E-state index contributed by atoms with van der Waals surface area (Å²) in [5, 5.41) is 3.42. The van der Waals surface area contributed by atoms with Crippen molar-refractivity contribution in [2.24, 2.45) is 0 Å². The number of nitrogens with zero attached hydrogens (tertiary/aromatic N) is 1. The van der Waals surface area contributed by atoms with Crippen molar-refractivity contribution < 1.29 is 4.42 Å². The average molecular weight is 267 g/mol. The van der Waals surface area contributed by atoms with E-state index in [4.69, 9.17) is 4.42 Å². The van der Waals surface area contributed by atoms with Crippen LogP contribution in [0.5, 0.6) is 0 Å². The Hall–Kier alpha value is -0.870. The topological polar surface area (TPSA) is 38.1 Å². The molecule has 2 aromatic rings. The molecule has 1 fully saturated rings. The van der Waals surface area contributed by atoms with Crippen molar-refractivity contribution in [3.8, 4) is 0 Å². The zero-order valence-electron chi connectivity index (χ0n) is 8.16. The third-order valence-corrected chi connectivity index (χ3v) is 3.19. The summed E-state index contributed by atoms with van der Waals surface area (Å²) in [6.45, 7) is 1.08. The molecule has 0 spiro atoms. The van der Waals surface area contributed by atoms with E-state index in [2.05, 4.69) is 26.2 Å². The van der Waals surface area contributed by atoms with Crippen molar-refractivity contribution in [3.05, 3.63) is 28.6 Å². The van der Waals surface area contributed by atoms with Crippen molar-refractivity contribution >= 4 is 27.0 Å². The van der Waals surface area contributed by atoms with Crippen LogP contribution in [0.1, 0.15) is 24.6 Å². The molecule has 1 saturated heterocycles. The van der Waals surface area contributed by atoms with Crippen LogP contribution in [0.3, 0.4) is 0 Å². The maximum Gasteiger partial charge on any atom is 0.153 e. The molecule has 0 amide bonds. The molecule has 1 N–H and O–H groups in total. The monoisotopic (exact) mass is 266 g/mol. The van der Waals surface area contributed by atoms with Gasteiger partial charge in [0.05, 0.1) is 6.04 Å². The second kappa shape index (κ2) is 3.61. The molecule has 3 heterocycles. The lowest BCUT2D eigenvalue weighted by atomic mass is 10.2. The Kier molecular flexibility index (Phi) is 2.25. The first-order valence-electron chi connectivity index (χ1n) is 5.11. The second-order valence-corrected chi connectivity index (χ2v) is 4.75. The van der Waals surface area contributed by atoms with Gasteiger partial charge in [-0.05, 0) is 41.4 Å². The largest absolute Gasteiger partial charge is 0.458 e. The van der Waals surface area contributed by atoms with Gasteiger partial charge in [0.15, 0.2) is 5.58 Å². The number of furan rings is 1. The first-order valence-corrected chi connectivity index (χ1v) is 5.90. The minimum Gasteiger partial charge on any atom is -0.458 e. The van der Waals surface area contributed by atoms with Crippen LogP contribution in [-0.4, -0.2) is 11.5 Å². The first kappa shape index (κ1) is 9.36. The smallest absolute Gasteiger partial charge is 0.153 e. The van der Waals surface area contributed by atoms with Crippen LogP contribution in [-0.2, 0) is 0 Å². The van der Waals surface area contributed by atoms with Gasteiger partial charge in [-0.25, -0.2) is 0 Å². The van der Waals surface area contributed by atoms with Crippen LogP contribution in [0, 0.1) is 0 Å². The van der Waals surface area contributed by atoms with E-state index in [1.54, 1.807) is 6.20 Å². The third kappa shape index (κ3) is 1.68. The highest BCUT2D eigenvalue weighted by Crippen LogP contribution is 2.28. The van der Waals surface area contributed by atoms with E-state index in [0.29, 0.717) is 6.04 Å². The Morgan fingerprint density at radius 3 is 3.20 bits per heavy atom. The summed E-state index contributed by atoms with van der Waals surface area (Å²) >= 11 is 3.39. The summed E-state index contributed by atoms with van der Waals surface area (Å²) in [6, 6.07) is 4.36. The number of hydrogen-bond donors (Lipinski definition) is 1. The zero-order chi connectivity index (χ0) is 10.3. The fourth-order valence-corrected chi connectivity index (χ4v) is 2.32. The van der Waals surface area contributed by atoms with Crippen LogP contribution >= 0.6 is 15.9 Å². The number of pyridine rings is 1. The SMILES string of the molecule is Brc1cnc2cc(C3CCCN3)oc2c1. The molecule has 0 radical (unpaired) electrons. The molecular weight excluding hydrogens is 256 g/mol. The van der Waals surface area contributed by atoms with Gasteiger partial charge in [0.2, 0.25) is 0 Å². The Bertz CT molecular complexity index is 488. The predicted molar refractivity (Wildman–Crippen MR) is 61.7 cm³/mol. The standard InChI is InChI=1S/C11H11BrN2O/c12-7-4-10-9(14-6-7)5-11(15-10)8-2-1-3-13-8/h4-6,8,13H,1-3H2. The van der Waals surface area contributed by atoms with E-state index in [0.717, 1.165) is 34.3 Å². The molecule has 4 heteroatoms. The van der Waals surface area contributed by atoms with Gasteiger partial charge in [0.25, 0.3) is 0 Å². The molecule has 0 saturated carbocycles. The predicted octanol–water partition coefficient (Wildman–Crippen LogP) is 3.01. The lowest BCUT2D eigenvalue weighted by Gasteiger charge is -2.04. The van der Waals surface area contributed by atoms with Gasteiger partial charge in [-0.3, -0.25) is 4.98 Å². The van der Waals surface area contributed by atoms with E-state index < -0.39 is 0 Å². The summed E-state index contributed by atoms with van der Waals surface area (Å²) in [7, 11) is 0. The molecule has 0 aliphatic carbocycles. The molecule has 3 nitrogen and oxygen atoms in total. The fraction of sp³-hybridized carbons (Fsp3) is 0.364. The molecule has 1 aliphatic heterocycles. The van der Waals surface area contributed by atoms with Crippen LogP contribution in [0.4, 0.5) is 0 Å². The van der Waals surface area contributed by atoms with Crippen molar-refractivity contribution in [3.63, 3.8) is 0 Å². The zero-order valence-corrected chi connectivity index (χ0v) is 9.75. The molecule has 0 bridgehead atoms. The molecule has 1 aliphatic rings. The highest BCUT2D eigenvalue weighted by atomic mass is 79.9. The Labute approximate surface area is 96.0 Å². The Morgan fingerprint density at radius 2 is 2.40 bits per heavy atom. The van der Waals surface area contributed by atoms with Gasteiger partial charge in [0.1, 0.15) is 11.3 Å². The number of rotatable bonds is 1. The van der Waals surface area contributed by atoms with Gasteiger partial charge >= 0.3 is 0 Å².